The molecule has 0 saturated heterocycles. The monoisotopic (exact) mass is 403 g/mol. The SMILES string of the molecule is CCC(C(=N)C(=O)c1cc(F)ccc1C(F)(F)F)c1ncc(-c2ccccc2)[nH]1. The van der Waals surface area contributed by atoms with E-state index in [1.807, 2.05) is 30.3 Å². The molecular weight excluding hydrogens is 386 g/mol. The molecule has 0 spiro atoms. The molecule has 3 aromatic rings. The summed E-state index contributed by atoms with van der Waals surface area (Å²) in [4.78, 5) is 19.9. The Morgan fingerprint density at radius 1 is 1.17 bits per heavy atom. The summed E-state index contributed by atoms with van der Waals surface area (Å²) in [5, 5.41) is 8.21. The number of imidazole rings is 1. The standard InChI is InChI=1S/C21H17F4N3O/c1-2-14(20-27-11-17(28-20)12-6-4-3-5-7-12)18(26)19(29)15-10-13(22)8-9-16(15)21(23,24)25/h3-11,14,26H,2H2,1H3,(H,27,28). The molecule has 0 radical (unpaired) electrons. The van der Waals surface area contributed by atoms with Crippen LogP contribution in [0.2, 0.25) is 0 Å². The highest BCUT2D eigenvalue weighted by atomic mass is 19.4. The second-order valence-electron chi connectivity index (χ2n) is 6.44. The number of hydrogen-bond donors (Lipinski definition) is 2. The molecule has 0 fully saturated rings. The number of carbonyl (C=O) groups is 1. The van der Waals surface area contributed by atoms with Crippen LogP contribution in [0.5, 0.6) is 0 Å². The molecule has 0 amide bonds. The molecule has 1 heterocycles. The third kappa shape index (κ3) is 4.26. The number of carbonyl (C=O) groups excluding carboxylic acids is 1. The van der Waals surface area contributed by atoms with Crippen molar-refractivity contribution in [2.24, 2.45) is 0 Å². The van der Waals surface area contributed by atoms with Crippen molar-refractivity contribution in [3.8, 4) is 11.3 Å². The molecule has 2 N–H and O–H groups in total. The second-order valence-corrected chi connectivity index (χ2v) is 6.44. The van der Waals surface area contributed by atoms with Crippen LogP contribution < -0.4 is 0 Å². The Balaban J connectivity index is 1.94. The van der Waals surface area contributed by atoms with Crippen molar-refractivity contribution in [3.63, 3.8) is 0 Å². The van der Waals surface area contributed by atoms with Gasteiger partial charge in [0.25, 0.3) is 0 Å². The number of ketones is 1. The van der Waals surface area contributed by atoms with E-state index in [1.165, 1.54) is 6.20 Å². The minimum Gasteiger partial charge on any atom is -0.341 e. The number of halogens is 4. The van der Waals surface area contributed by atoms with Gasteiger partial charge < -0.3 is 10.4 Å². The van der Waals surface area contributed by atoms with Gasteiger partial charge in [0, 0.05) is 5.56 Å². The molecule has 0 aliphatic rings. The Hall–Kier alpha value is -3.29. The van der Waals surface area contributed by atoms with Crippen LogP contribution in [0.4, 0.5) is 17.6 Å². The predicted molar refractivity (Wildman–Crippen MR) is 101 cm³/mol. The van der Waals surface area contributed by atoms with Gasteiger partial charge in [0.05, 0.1) is 29.1 Å². The number of Topliss-reactive ketones (excluding diaryl/α,β-unsaturated/α-hetero) is 1. The van der Waals surface area contributed by atoms with Gasteiger partial charge in [-0.2, -0.15) is 13.2 Å². The maximum Gasteiger partial charge on any atom is 0.417 e. The number of aromatic amines is 1. The molecule has 4 nitrogen and oxygen atoms in total. The molecule has 1 atom stereocenters. The third-order valence-corrected chi connectivity index (χ3v) is 4.54. The Morgan fingerprint density at radius 3 is 2.48 bits per heavy atom. The topological polar surface area (TPSA) is 69.6 Å². The lowest BCUT2D eigenvalue weighted by Gasteiger charge is -2.16. The van der Waals surface area contributed by atoms with Gasteiger partial charge in [-0.1, -0.05) is 37.3 Å². The zero-order valence-corrected chi connectivity index (χ0v) is 15.3. The summed E-state index contributed by atoms with van der Waals surface area (Å²) in [6.07, 6.45) is -3.05. The van der Waals surface area contributed by atoms with E-state index in [0.29, 0.717) is 23.9 Å². The van der Waals surface area contributed by atoms with Crippen molar-refractivity contribution in [3.05, 3.63) is 77.5 Å². The average molecular weight is 403 g/mol. The van der Waals surface area contributed by atoms with Crippen LogP contribution >= 0.6 is 0 Å². The fraction of sp³-hybridized carbons (Fsp3) is 0.190. The van der Waals surface area contributed by atoms with E-state index < -0.39 is 40.5 Å². The van der Waals surface area contributed by atoms with Crippen LogP contribution in [0, 0.1) is 11.2 Å². The van der Waals surface area contributed by atoms with Gasteiger partial charge in [-0.05, 0) is 30.2 Å². The van der Waals surface area contributed by atoms with E-state index >= 15 is 0 Å². The van der Waals surface area contributed by atoms with Crippen molar-refractivity contribution in [2.75, 3.05) is 0 Å². The first-order valence-corrected chi connectivity index (χ1v) is 8.82. The van der Waals surface area contributed by atoms with Gasteiger partial charge in [0.1, 0.15) is 11.6 Å². The highest BCUT2D eigenvalue weighted by Crippen LogP contribution is 2.34. The summed E-state index contributed by atoms with van der Waals surface area (Å²) in [5.41, 5.74) is -1.24. The van der Waals surface area contributed by atoms with E-state index in [4.69, 9.17) is 5.41 Å². The number of nitrogens with zero attached hydrogens (tertiary/aromatic N) is 1. The molecule has 0 aliphatic heterocycles. The number of hydrogen-bond acceptors (Lipinski definition) is 3. The molecular formula is C21H17F4N3O. The first-order valence-electron chi connectivity index (χ1n) is 8.82. The predicted octanol–water partition coefficient (Wildman–Crippen LogP) is 5.63. The molecule has 29 heavy (non-hydrogen) atoms. The fourth-order valence-electron chi connectivity index (χ4n) is 3.07. The fourth-order valence-corrected chi connectivity index (χ4v) is 3.07. The smallest absolute Gasteiger partial charge is 0.341 e. The lowest BCUT2D eigenvalue weighted by Crippen LogP contribution is -2.25. The van der Waals surface area contributed by atoms with Crippen LogP contribution in [-0.4, -0.2) is 21.5 Å². The van der Waals surface area contributed by atoms with Crippen LogP contribution in [0.15, 0.2) is 54.7 Å². The van der Waals surface area contributed by atoms with E-state index in [2.05, 4.69) is 9.97 Å². The van der Waals surface area contributed by atoms with E-state index in [9.17, 15) is 22.4 Å². The number of rotatable bonds is 6. The van der Waals surface area contributed by atoms with Crippen LogP contribution in [0.1, 0.15) is 41.0 Å². The normalized spacial score (nSPS) is 12.6. The van der Waals surface area contributed by atoms with Crippen LogP contribution in [0.25, 0.3) is 11.3 Å². The number of alkyl halides is 3. The van der Waals surface area contributed by atoms with Crippen molar-refractivity contribution in [2.45, 2.75) is 25.4 Å². The molecule has 0 saturated carbocycles. The minimum absolute atomic E-state index is 0.253. The summed E-state index contributed by atoms with van der Waals surface area (Å²) < 4.78 is 53.3. The summed E-state index contributed by atoms with van der Waals surface area (Å²) in [6.45, 7) is 1.69. The van der Waals surface area contributed by atoms with Gasteiger partial charge in [-0.25, -0.2) is 9.37 Å². The molecule has 3 rings (SSSR count). The molecule has 2 aromatic carbocycles. The Kier molecular flexibility index (Phi) is 5.63. The molecule has 1 aromatic heterocycles. The van der Waals surface area contributed by atoms with Gasteiger partial charge in [-0.15, -0.1) is 0 Å². The number of aromatic nitrogens is 2. The first-order chi connectivity index (χ1) is 13.7. The van der Waals surface area contributed by atoms with Crippen LogP contribution in [0.3, 0.4) is 0 Å². The largest absolute Gasteiger partial charge is 0.417 e. The summed E-state index contributed by atoms with van der Waals surface area (Å²) >= 11 is 0. The Labute approximate surface area is 164 Å². The second kappa shape index (κ2) is 7.98. The van der Waals surface area contributed by atoms with Gasteiger partial charge in [0.2, 0.25) is 5.78 Å². The molecule has 1 unspecified atom stereocenters. The summed E-state index contributed by atoms with van der Waals surface area (Å²) in [6, 6.07) is 10.9. The number of nitrogens with one attached hydrogen (secondary N) is 2. The van der Waals surface area contributed by atoms with Crippen LogP contribution in [-0.2, 0) is 6.18 Å². The van der Waals surface area contributed by atoms with E-state index in [1.54, 1.807) is 6.92 Å². The van der Waals surface area contributed by atoms with Gasteiger partial charge in [-0.3, -0.25) is 4.79 Å². The minimum atomic E-state index is -4.84. The third-order valence-electron chi connectivity index (χ3n) is 4.54. The van der Waals surface area contributed by atoms with Crippen molar-refractivity contribution in [1.82, 2.24) is 9.97 Å². The van der Waals surface area contributed by atoms with E-state index in [0.717, 1.165) is 5.56 Å². The lowest BCUT2D eigenvalue weighted by molar-refractivity contribution is -0.137. The number of H-pyrrole nitrogens is 1. The zero-order chi connectivity index (χ0) is 21.2. The number of benzene rings is 2. The molecule has 8 heteroatoms. The molecule has 150 valence electrons. The Morgan fingerprint density at radius 2 is 1.86 bits per heavy atom. The lowest BCUT2D eigenvalue weighted by atomic mass is 9.91. The highest BCUT2D eigenvalue weighted by Gasteiger charge is 2.37. The summed E-state index contributed by atoms with van der Waals surface area (Å²) in [7, 11) is 0. The quantitative estimate of drug-likeness (QED) is 0.318. The Bertz CT molecular complexity index is 1040. The maximum atomic E-state index is 13.5. The maximum absolute atomic E-state index is 13.5. The van der Waals surface area contributed by atoms with Crippen molar-refractivity contribution < 1.29 is 22.4 Å². The van der Waals surface area contributed by atoms with Crippen molar-refractivity contribution >= 4 is 11.5 Å². The van der Waals surface area contributed by atoms with Gasteiger partial charge >= 0.3 is 6.18 Å². The highest BCUT2D eigenvalue weighted by molar-refractivity contribution is 6.46. The van der Waals surface area contributed by atoms with E-state index in [-0.39, 0.29) is 12.2 Å². The molecule has 0 aliphatic carbocycles. The average Bonchev–Trinajstić information content (AvgIpc) is 3.17. The van der Waals surface area contributed by atoms with Gasteiger partial charge in [0.15, 0.2) is 0 Å². The van der Waals surface area contributed by atoms with Crippen molar-refractivity contribution in [1.29, 1.82) is 5.41 Å². The zero-order valence-electron chi connectivity index (χ0n) is 15.3. The summed E-state index contributed by atoms with van der Waals surface area (Å²) in [5.74, 6) is -2.73. The molecule has 0 bridgehead atoms. The first kappa shape index (κ1) is 20.4.